The molecule has 47 heavy (non-hydrogen) atoms. The number of carbonyl (C=O) groups excluding carboxylic acids is 1. The maximum Gasteiger partial charge on any atom is 0.132 e. The quantitative estimate of drug-likeness (QED) is 0.0773. The van der Waals surface area contributed by atoms with E-state index in [2.05, 4.69) is 60.3 Å². The fraction of sp³-hybridized carbons (Fsp3) is 0.977. The van der Waals surface area contributed by atoms with Crippen LogP contribution in [0.15, 0.2) is 0 Å². The molecule has 0 radical (unpaired) electrons. The second kappa shape index (κ2) is 55.0. The van der Waals surface area contributed by atoms with E-state index in [1.54, 1.807) is 0 Å². The first-order chi connectivity index (χ1) is 22.9. The second-order valence-corrected chi connectivity index (χ2v) is 13.2. The summed E-state index contributed by atoms with van der Waals surface area (Å²) in [6, 6.07) is 0. The predicted molar refractivity (Wildman–Crippen MR) is 219 cm³/mol. The molecule has 0 saturated heterocycles. The summed E-state index contributed by atoms with van der Waals surface area (Å²) in [6.45, 7) is 28.7. The Morgan fingerprint density at radius 2 is 0.872 bits per heavy atom. The van der Waals surface area contributed by atoms with Crippen LogP contribution in [0, 0.1) is 5.92 Å². The van der Waals surface area contributed by atoms with Crippen LogP contribution in [0.5, 0.6) is 0 Å². The molecule has 0 fully saturated rings. The number of aliphatic hydroxyl groups excluding tert-OH is 1. The highest BCUT2D eigenvalue weighted by molar-refractivity contribution is 5.78. The normalized spacial score (nSPS) is 11.5. The SMILES string of the molecule is CC.CC.CCCC.CCCC.CCCCCCCC(CCCCCC)CCC(=O)CCCCCC(O)CN(CC)CCCCCC. The van der Waals surface area contributed by atoms with Gasteiger partial charge in [0.2, 0.25) is 0 Å². The van der Waals surface area contributed by atoms with Gasteiger partial charge in [-0.3, -0.25) is 4.79 Å². The van der Waals surface area contributed by atoms with Crippen LogP contribution in [0.4, 0.5) is 0 Å². The van der Waals surface area contributed by atoms with Gasteiger partial charge in [-0.25, -0.2) is 0 Å². The predicted octanol–water partition coefficient (Wildman–Crippen LogP) is 15.2. The lowest BCUT2D eigenvalue weighted by atomic mass is 9.89. The summed E-state index contributed by atoms with van der Waals surface area (Å²) >= 11 is 0. The first-order valence-corrected chi connectivity index (χ1v) is 21.8. The van der Waals surface area contributed by atoms with Gasteiger partial charge in [0.05, 0.1) is 6.10 Å². The summed E-state index contributed by atoms with van der Waals surface area (Å²) in [5.41, 5.74) is 0. The fourth-order valence-corrected chi connectivity index (χ4v) is 5.23. The molecule has 0 heterocycles. The van der Waals surface area contributed by atoms with Crippen molar-refractivity contribution in [3.63, 3.8) is 0 Å². The van der Waals surface area contributed by atoms with Crippen LogP contribution in [0.2, 0.25) is 0 Å². The van der Waals surface area contributed by atoms with Crippen molar-refractivity contribution in [3.8, 4) is 0 Å². The molecule has 2 atom stereocenters. The van der Waals surface area contributed by atoms with Crippen molar-refractivity contribution in [2.24, 2.45) is 5.92 Å². The van der Waals surface area contributed by atoms with E-state index >= 15 is 0 Å². The molecule has 0 amide bonds. The third-order valence-corrected chi connectivity index (χ3v) is 8.75. The van der Waals surface area contributed by atoms with E-state index in [9.17, 15) is 9.90 Å². The molecule has 0 rings (SSSR count). The summed E-state index contributed by atoms with van der Waals surface area (Å²) in [5.74, 6) is 1.23. The first-order valence-electron chi connectivity index (χ1n) is 21.8. The molecule has 3 heteroatoms. The Morgan fingerprint density at radius 1 is 0.468 bits per heavy atom. The van der Waals surface area contributed by atoms with E-state index in [4.69, 9.17) is 0 Å². The molecule has 0 aliphatic carbocycles. The van der Waals surface area contributed by atoms with Crippen LogP contribution in [0.1, 0.15) is 250 Å². The van der Waals surface area contributed by atoms with Gasteiger partial charge in [0.1, 0.15) is 5.78 Å². The Bertz CT molecular complexity index is 487. The van der Waals surface area contributed by atoms with E-state index in [1.165, 1.54) is 122 Å². The van der Waals surface area contributed by atoms with Crippen LogP contribution in [0.25, 0.3) is 0 Å². The van der Waals surface area contributed by atoms with Crippen LogP contribution in [0.3, 0.4) is 0 Å². The smallest absolute Gasteiger partial charge is 0.132 e. The maximum absolute atomic E-state index is 12.5. The fourth-order valence-electron chi connectivity index (χ4n) is 5.23. The zero-order valence-electron chi connectivity index (χ0n) is 35.5. The summed E-state index contributed by atoms with van der Waals surface area (Å²) in [6.07, 6.45) is 31.6. The molecule has 1 N–H and O–H groups in total. The minimum Gasteiger partial charge on any atom is -0.392 e. The van der Waals surface area contributed by atoms with Crippen molar-refractivity contribution in [1.82, 2.24) is 4.90 Å². The molecule has 0 aliphatic heterocycles. The number of nitrogens with zero attached hydrogens (tertiary/aromatic N) is 1. The molecule has 2 unspecified atom stereocenters. The van der Waals surface area contributed by atoms with Crippen molar-refractivity contribution < 1.29 is 9.90 Å². The third kappa shape index (κ3) is 55.3. The molecule has 0 aromatic heterocycles. The Balaban J connectivity index is -0.000000422. The number of ketones is 1. The molecule has 0 spiro atoms. The largest absolute Gasteiger partial charge is 0.392 e. The minimum absolute atomic E-state index is 0.220. The second-order valence-electron chi connectivity index (χ2n) is 13.2. The molecule has 0 aliphatic rings. The molecule has 0 saturated carbocycles. The number of rotatable bonds is 30. The Morgan fingerprint density at radius 3 is 1.32 bits per heavy atom. The van der Waals surface area contributed by atoms with Crippen molar-refractivity contribution in [3.05, 3.63) is 0 Å². The summed E-state index contributed by atoms with van der Waals surface area (Å²) in [5, 5.41) is 10.4. The first kappa shape index (κ1) is 56.0. The number of likely N-dealkylation sites (N-methyl/N-ethyl adjacent to an activating group) is 1. The highest BCUT2D eigenvalue weighted by atomic mass is 16.3. The van der Waals surface area contributed by atoms with Gasteiger partial charge in [0.15, 0.2) is 0 Å². The zero-order valence-corrected chi connectivity index (χ0v) is 35.5. The summed E-state index contributed by atoms with van der Waals surface area (Å²) < 4.78 is 0. The lowest BCUT2D eigenvalue weighted by Crippen LogP contribution is -2.33. The molecule has 290 valence electrons. The lowest BCUT2D eigenvalue weighted by Gasteiger charge is -2.23. The number of aliphatic hydroxyl groups is 1. The van der Waals surface area contributed by atoms with Gasteiger partial charge in [-0.1, -0.05) is 212 Å². The highest BCUT2D eigenvalue weighted by Crippen LogP contribution is 2.24. The van der Waals surface area contributed by atoms with E-state index in [0.717, 1.165) is 70.5 Å². The van der Waals surface area contributed by atoms with Gasteiger partial charge in [-0.05, 0) is 44.7 Å². The Hall–Kier alpha value is -0.410. The van der Waals surface area contributed by atoms with Crippen LogP contribution in [-0.2, 0) is 4.79 Å². The monoisotopic (exact) mass is 672 g/mol. The van der Waals surface area contributed by atoms with Gasteiger partial charge in [-0.2, -0.15) is 0 Å². The molecule has 0 bridgehead atoms. The topological polar surface area (TPSA) is 40.5 Å². The van der Waals surface area contributed by atoms with Gasteiger partial charge < -0.3 is 10.0 Å². The lowest BCUT2D eigenvalue weighted by molar-refractivity contribution is -0.119. The van der Waals surface area contributed by atoms with Crippen molar-refractivity contribution in [1.29, 1.82) is 0 Å². The Kier molecular flexibility index (Phi) is 65.5. The molecule has 0 aromatic rings. The van der Waals surface area contributed by atoms with Gasteiger partial charge in [0, 0.05) is 19.4 Å². The standard InChI is InChI=1S/C32H65NO2.2C4H10.2C2H6/c1-5-9-12-15-18-23-30(22-17-13-10-6-2)26-27-31(34)24-19-16-20-25-32(35)29-33(8-4)28-21-14-11-7-3;2*1-3-4-2;2*1-2/h30,32,35H,5-29H2,1-4H3;2*3-4H2,1-2H3;2*1-2H3. The average Bonchev–Trinajstić information content (AvgIpc) is 3.11. The number of hydrogen-bond donors (Lipinski definition) is 1. The van der Waals surface area contributed by atoms with E-state index in [1.807, 2.05) is 27.7 Å². The van der Waals surface area contributed by atoms with Crippen molar-refractivity contribution in [2.75, 3.05) is 19.6 Å². The molecular weight excluding hydrogens is 574 g/mol. The van der Waals surface area contributed by atoms with Gasteiger partial charge >= 0.3 is 0 Å². The number of Topliss-reactive ketones (excluding diaryl/α,β-unsaturated/α-hetero) is 1. The van der Waals surface area contributed by atoms with Crippen LogP contribution < -0.4 is 0 Å². The minimum atomic E-state index is -0.220. The van der Waals surface area contributed by atoms with Crippen molar-refractivity contribution in [2.45, 2.75) is 256 Å². The molecule has 3 nitrogen and oxygen atoms in total. The Labute approximate surface area is 301 Å². The average molecular weight is 672 g/mol. The number of hydrogen-bond acceptors (Lipinski definition) is 3. The van der Waals surface area contributed by atoms with Crippen LogP contribution in [-0.4, -0.2) is 41.5 Å². The highest BCUT2D eigenvalue weighted by Gasteiger charge is 2.13. The third-order valence-electron chi connectivity index (χ3n) is 8.75. The summed E-state index contributed by atoms with van der Waals surface area (Å²) in [7, 11) is 0. The van der Waals surface area contributed by atoms with Gasteiger partial charge in [-0.15, -0.1) is 0 Å². The van der Waals surface area contributed by atoms with Crippen LogP contribution >= 0.6 is 0 Å². The molecular formula is C44H97NO2. The number of carbonyl (C=O) groups is 1. The van der Waals surface area contributed by atoms with Gasteiger partial charge in [0.25, 0.3) is 0 Å². The summed E-state index contributed by atoms with van der Waals surface area (Å²) in [4.78, 5) is 14.9. The number of unbranched alkanes of at least 4 members (excludes halogenated alkanes) is 14. The zero-order chi connectivity index (χ0) is 36.8. The van der Waals surface area contributed by atoms with E-state index < -0.39 is 0 Å². The van der Waals surface area contributed by atoms with Crippen molar-refractivity contribution >= 4 is 5.78 Å². The van der Waals surface area contributed by atoms with E-state index in [0.29, 0.717) is 5.78 Å². The molecule has 0 aromatic carbocycles. The van der Waals surface area contributed by atoms with E-state index in [-0.39, 0.29) is 6.10 Å². The maximum atomic E-state index is 12.5.